The highest BCUT2D eigenvalue weighted by Gasteiger charge is 2.20. The maximum atomic E-state index is 10.2. The second kappa shape index (κ2) is 4.84. The van der Waals surface area contributed by atoms with Gasteiger partial charge in [0, 0.05) is 28.8 Å². The highest BCUT2D eigenvalue weighted by atomic mass is 16.3. The third-order valence-electron chi connectivity index (χ3n) is 3.44. The lowest BCUT2D eigenvalue weighted by atomic mass is 10.1. The summed E-state index contributed by atoms with van der Waals surface area (Å²) in [6, 6.07) is 12.2. The van der Waals surface area contributed by atoms with Crippen LogP contribution in [0.4, 0.5) is 5.69 Å². The van der Waals surface area contributed by atoms with Crippen molar-refractivity contribution in [2.75, 3.05) is 4.90 Å². The van der Waals surface area contributed by atoms with Crippen LogP contribution < -0.4 is 4.90 Å². The van der Waals surface area contributed by atoms with Gasteiger partial charge in [-0.3, -0.25) is 0 Å². The summed E-state index contributed by atoms with van der Waals surface area (Å²) in [5, 5.41) is 10.2. The van der Waals surface area contributed by atoms with Crippen LogP contribution in [0.15, 0.2) is 42.6 Å². The molecule has 3 heteroatoms. The highest BCUT2D eigenvalue weighted by molar-refractivity contribution is 5.69. The van der Waals surface area contributed by atoms with E-state index in [0.29, 0.717) is 5.76 Å². The zero-order valence-electron chi connectivity index (χ0n) is 11.1. The zero-order valence-corrected chi connectivity index (χ0v) is 11.1. The van der Waals surface area contributed by atoms with E-state index in [2.05, 4.69) is 22.9 Å². The number of benzene rings is 1. The molecule has 0 atom stereocenters. The maximum Gasteiger partial charge on any atom is 0.140 e. The van der Waals surface area contributed by atoms with Crippen LogP contribution in [0, 0.1) is 0 Å². The Morgan fingerprint density at radius 2 is 2.05 bits per heavy atom. The number of nitrogens with zero attached hydrogens (tertiary/aromatic N) is 1. The lowest BCUT2D eigenvalue weighted by Crippen LogP contribution is -2.20. The average Bonchev–Trinajstić information content (AvgIpc) is 2.83. The summed E-state index contributed by atoms with van der Waals surface area (Å²) in [5.74, 6) is 0.337. The molecule has 0 amide bonds. The van der Waals surface area contributed by atoms with Crippen LogP contribution in [0.1, 0.15) is 30.3 Å². The molecule has 0 fully saturated rings. The number of nitrogens with one attached hydrogen (secondary N) is 1. The Hall–Kier alpha value is -2.16. The molecule has 1 aromatic heterocycles. The minimum absolute atomic E-state index is 0.337. The Kier molecular flexibility index (Phi) is 3.03. The molecule has 0 unspecified atom stereocenters. The van der Waals surface area contributed by atoms with Gasteiger partial charge in [-0.1, -0.05) is 31.5 Å². The molecule has 19 heavy (non-hydrogen) atoms. The quantitative estimate of drug-likeness (QED) is 0.873. The molecule has 0 spiro atoms. The fraction of sp³-hybridized carbons (Fsp3) is 0.250. The van der Waals surface area contributed by atoms with E-state index < -0.39 is 0 Å². The van der Waals surface area contributed by atoms with Crippen molar-refractivity contribution in [3.63, 3.8) is 0 Å². The normalized spacial score (nSPS) is 14.2. The molecule has 0 radical (unpaired) electrons. The molecule has 1 aliphatic heterocycles. The van der Waals surface area contributed by atoms with Crippen molar-refractivity contribution in [3.8, 4) is 0 Å². The first-order valence-corrected chi connectivity index (χ1v) is 6.71. The van der Waals surface area contributed by atoms with Crippen LogP contribution in [-0.4, -0.2) is 10.1 Å². The number of aromatic amines is 1. The summed E-state index contributed by atoms with van der Waals surface area (Å²) in [5.41, 5.74) is 4.32. The summed E-state index contributed by atoms with van der Waals surface area (Å²) in [6.07, 6.45) is 3.93. The van der Waals surface area contributed by atoms with E-state index >= 15 is 0 Å². The Morgan fingerprint density at radius 3 is 2.79 bits per heavy atom. The van der Waals surface area contributed by atoms with Crippen molar-refractivity contribution >= 4 is 11.4 Å². The predicted octanol–water partition coefficient (Wildman–Crippen LogP) is 3.84. The van der Waals surface area contributed by atoms with E-state index in [1.807, 2.05) is 30.3 Å². The van der Waals surface area contributed by atoms with E-state index in [4.69, 9.17) is 0 Å². The predicted molar refractivity (Wildman–Crippen MR) is 78.0 cm³/mol. The van der Waals surface area contributed by atoms with Gasteiger partial charge in [-0.15, -0.1) is 0 Å². The molecular weight excluding hydrogens is 236 g/mol. The van der Waals surface area contributed by atoms with Gasteiger partial charge in [0.25, 0.3) is 0 Å². The van der Waals surface area contributed by atoms with Crippen LogP contribution in [-0.2, 0) is 13.0 Å². The van der Waals surface area contributed by atoms with E-state index in [9.17, 15) is 5.11 Å². The second-order valence-electron chi connectivity index (χ2n) is 4.91. The zero-order chi connectivity index (χ0) is 13.2. The van der Waals surface area contributed by atoms with E-state index in [0.717, 1.165) is 36.3 Å². The summed E-state index contributed by atoms with van der Waals surface area (Å²) < 4.78 is 0. The smallest absolute Gasteiger partial charge is 0.140 e. The Morgan fingerprint density at radius 1 is 1.26 bits per heavy atom. The summed E-state index contributed by atoms with van der Waals surface area (Å²) >= 11 is 0. The molecule has 1 aromatic carbocycles. The molecule has 0 aliphatic carbocycles. The molecule has 2 heterocycles. The first kappa shape index (κ1) is 11.9. The molecule has 1 aliphatic rings. The van der Waals surface area contributed by atoms with Crippen LogP contribution in [0.3, 0.4) is 0 Å². The van der Waals surface area contributed by atoms with Gasteiger partial charge in [-0.2, -0.15) is 0 Å². The number of para-hydroxylation sites is 1. The molecule has 0 saturated carbocycles. The van der Waals surface area contributed by atoms with Gasteiger partial charge in [-0.25, -0.2) is 0 Å². The number of rotatable bonds is 3. The summed E-state index contributed by atoms with van der Waals surface area (Å²) in [7, 11) is 0. The first-order chi connectivity index (χ1) is 9.28. The number of H-pyrrole nitrogens is 1. The van der Waals surface area contributed by atoms with Crippen molar-refractivity contribution < 1.29 is 5.11 Å². The number of fused-ring (bicyclic) bond motifs is 1. The van der Waals surface area contributed by atoms with Gasteiger partial charge in [0.2, 0.25) is 0 Å². The molecule has 0 saturated heterocycles. The minimum Gasteiger partial charge on any atom is -0.506 e. The van der Waals surface area contributed by atoms with Crippen molar-refractivity contribution in [3.05, 3.63) is 59.5 Å². The maximum absolute atomic E-state index is 10.2. The lowest BCUT2D eigenvalue weighted by Gasteiger charge is -2.24. The standard InChI is InChI=1S/C16H18N2O/c1-2-6-12-9-14-15(17-12)10-18(11-16(14)19)13-7-4-3-5-8-13/h3-5,7-9,11,17,19H,2,6,10H2,1H3. The largest absolute Gasteiger partial charge is 0.506 e. The van der Waals surface area contributed by atoms with E-state index in [-0.39, 0.29) is 0 Å². The number of anilines is 1. The number of hydrogen-bond donors (Lipinski definition) is 2. The van der Waals surface area contributed by atoms with Crippen molar-refractivity contribution in [2.45, 2.75) is 26.3 Å². The molecule has 3 nitrogen and oxygen atoms in total. The molecule has 0 bridgehead atoms. The van der Waals surface area contributed by atoms with Gasteiger partial charge in [-0.05, 0) is 24.6 Å². The molecular formula is C16H18N2O. The Bertz CT molecular complexity index is 598. The van der Waals surface area contributed by atoms with Gasteiger partial charge in [0.15, 0.2) is 0 Å². The van der Waals surface area contributed by atoms with E-state index in [1.54, 1.807) is 6.20 Å². The monoisotopic (exact) mass is 254 g/mol. The Labute approximate surface area is 113 Å². The molecule has 3 rings (SSSR count). The van der Waals surface area contributed by atoms with Gasteiger partial charge >= 0.3 is 0 Å². The number of aliphatic hydroxyl groups excluding tert-OH is 1. The van der Waals surface area contributed by atoms with Gasteiger partial charge in [0.05, 0.1) is 6.54 Å². The van der Waals surface area contributed by atoms with Crippen LogP contribution in [0.25, 0.3) is 5.76 Å². The van der Waals surface area contributed by atoms with Crippen molar-refractivity contribution in [1.82, 2.24) is 4.98 Å². The number of aliphatic hydroxyl groups is 1. The fourth-order valence-corrected chi connectivity index (χ4v) is 2.53. The SMILES string of the molecule is CCCc1cc2c([nH]1)CN(c1ccccc1)C=C2O. The van der Waals surface area contributed by atoms with Gasteiger partial charge < -0.3 is 15.0 Å². The topological polar surface area (TPSA) is 39.3 Å². The third-order valence-corrected chi connectivity index (χ3v) is 3.44. The molecule has 98 valence electrons. The van der Waals surface area contributed by atoms with E-state index in [1.165, 1.54) is 5.69 Å². The minimum atomic E-state index is 0.337. The fourth-order valence-electron chi connectivity index (χ4n) is 2.53. The van der Waals surface area contributed by atoms with Crippen LogP contribution >= 0.6 is 0 Å². The summed E-state index contributed by atoms with van der Waals surface area (Å²) in [6.45, 7) is 2.93. The third kappa shape index (κ3) is 2.24. The van der Waals surface area contributed by atoms with Crippen molar-refractivity contribution in [2.24, 2.45) is 0 Å². The van der Waals surface area contributed by atoms with Crippen molar-refractivity contribution in [1.29, 1.82) is 0 Å². The molecule has 2 N–H and O–H groups in total. The highest BCUT2D eigenvalue weighted by Crippen LogP contribution is 2.29. The summed E-state index contributed by atoms with van der Waals surface area (Å²) in [4.78, 5) is 5.48. The average molecular weight is 254 g/mol. The van der Waals surface area contributed by atoms with Crippen LogP contribution in [0.5, 0.6) is 0 Å². The van der Waals surface area contributed by atoms with Gasteiger partial charge in [0.1, 0.15) is 5.76 Å². The number of aryl methyl sites for hydroxylation is 1. The second-order valence-corrected chi connectivity index (χ2v) is 4.91. The lowest BCUT2D eigenvalue weighted by molar-refractivity contribution is 0.505. The Balaban J connectivity index is 1.92. The molecule has 2 aromatic rings. The number of hydrogen-bond acceptors (Lipinski definition) is 2. The first-order valence-electron chi connectivity index (χ1n) is 6.71. The van der Waals surface area contributed by atoms with Crippen LogP contribution in [0.2, 0.25) is 0 Å². The number of aromatic nitrogens is 1.